The fraction of sp³-hybridized carbons (Fsp3) is 0.429. The molecular weight excluding hydrogens is 252 g/mol. The molecule has 1 amide bonds. The molecule has 1 aromatic rings. The molecule has 102 valence electrons. The van der Waals surface area contributed by atoms with E-state index in [0.29, 0.717) is 0 Å². The minimum absolute atomic E-state index is 0.121. The van der Waals surface area contributed by atoms with Crippen LogP contribution in [0.1, 0.15) is 37.0 Å². The smallest absolute Gasteiger partial charge is 0.299 e. The van der Waals surface area contributed by atoms with Crippen LogP contribution in [0.4, 0.5) is 14.5 Å². The first-order chi connectivity index (χ1) is 8.97. The average molecular weight is 267 g/mol. The number of hydrogen-bond acceptors (Lipinski definition) is 2. The van der Waals surface area contributed by atoms with Crippen molar-refractivity contribution in [1.29, 1.82) is 0 Å². The van der Waals surface area contributed by atoms with E-state index in [1.165, 1.54) is 0 Å². The third-order valence-corrected chi connectivity index (χ3v) is 3.29. The Balaban J connectivity index is 2.41. The molecule has 1 heterocycles. The van der Waals surface area contributed by atoms with Crippen LogP contribution in [-0.4, -0.2) is 18.2 Å². The van der Waals surface area contributed by atoms with Gasteiger partial charge in [-0.3, -0.25) is 9.59 Å². The van der Waals surface area contributed by atoms with Gasteiger partial charge in [-0.05, 0) is 24.5 Å². The van der Waals surface area contributed by atoms with Crippen molar-refractivity contribution in [3.8, 4) is 0 Å². The molecule has 1 unspecified atom stereocenters. The van der Waals surface area contributed by atoms with Crippen LogP contribution >= 0.6 is 0 Å². The summed E-state index contributed by atoms with van der Waals surface area (Å²) in [5.74, 6) is -3.27. The minimum atomic E-state index is -0.962. The molecule has 0 N–H and O–H groups in total. The van der Waals surface area contributed by atoms with Crippen LogP contribution in [0.15, 0.2) is 12.1 Å². The van der Waals surface area contributed by atoms with Gasteiger partial charge in [-0.2, -0.15) is 0 Å². The molecule has 0 saturated heterocycles. The summed E-state index contributed by atoms with van der Waals surface area (Å²) in [4.78, 5) is 24.6. The van der Waals surface area contributed by atoms with E-state index in [-0.39, 0.29) is 18.2 Å². The van der Waals surface area contributed by atoms with Crippen molar-refractivity contribution in [2.75, 3.05) is 11.4 Å². The first kappa shape index (κ1) is 13.6. The first-order valence-electron chi connectivity index (χ1n) is 6.31. The molecule has 0 radical (unpaired) electrons. The van der Waals surface area contributed by atoms with E-state index >= 15 is 0 Å². The zero-order valence-corrected chi connectivity index (χ0v) is 10.9. The van der Waals surface area contributed by atoms with Crippen LogP contribution in [0.5, 0.6) is 0 Å². The van der Waals surface area contributed by atoms with E-state index in [1.54, 1.807) is 0 Å². The number of Topliss-reactive ketones (excluding diaryl/α,β-unsaturated/α-hetero) is 1. The summed E-state index contributed by atoms with van der Waals surface area (Å²) in [5, 5.41) is 0. The van der Waals surface area contributed by atoms with Gasteiger partial charge in [0.1, 0.15) is 11.6 Å². The van der Waals surface area contributed by atoms with E-state index in [0.717, 1.165) is 29.9 Å². The maximum atomic E-state index is 13.8. The molecule has 0 saturated carbocycles. The van der Waals surface area contributed by atoms with Gasteiger partial charge in [-0.1, -0.05) is 20.3 Å². The number of ketones is 1. The molecule has 0 bridgehead atoms. The molecule has 1 aliphatic rings. The van der Waals surface area contributed by atoms with E-state index in [2.05, 4.69) is 0 Å². The second kappa shape index (κ2) is 5.07. The summed E-state index contributed by atoms with van der Waals surface area (Å²) in [6, 6.07) is 1.82. The van der Waals surface area contributed by atoms with Gasteiger partial charge < -0.3 is 4.90 Å². The molecule has 5 heteroatoms. The second-order valence-electron chi connectivity index (χ2n) is 4.89. The van der Waals surface area contributed by atoms with Gasteiger partial charge in [0.05, 0.1) is 11.3 Å². The fourth-order valence-corrected chi connectivity index (χ4v) is 2.42. The van der Waals surface area contributed by atoms with Gasteiger partial charge in [0.2, 0.25) is 0 Å². The number of benzene rings is 1. The summed E-state index contributed by atoms with van der Waals surface area (Å²) in [6.45, 7) is 4.14. The standard InChI is InChI=1S/C14H15F2NO2/c1-3-4-8(2)7-17-12-10(16)6-5-9(15)11(12)13(18)14(17)19/h5-6,8H,3-4,7H2,1-2H3. The number of anilines is 1. The Bertz CT molecular complexity index is 542. The lowest BCUT2D eigenvalue weighted by atomic mass is 10.1. The Morgan fingerprint density at radius 3 is 2.47 bits per heavy atom. The molecule has 2 rings (SSSR count). The van der Waals surface area contributed by atoms with Gasteiger partial charge in [-0.15, -0.1) is 0 Å². The van der Waals surface area contributed by atoms with Crippen molar-refractivity contribution in [1.82, 2.24) is 0 Å². The fourth-order valence-electron chi connectivity index (χ4n) is 2.42. The van der Waals surface area contributed by atoms with Crippen molar-refractivity contribution in [3.63, 3.8) is 0 Å². The number of carbonyl (C=O) groups is 2. The van der Waals surface area contributed by atoms with Crippen LogP contribution < -0.4 is 4.90 Å². The molecule has 0 spiro atoms. The van der Waals surface area contributed by atoms with E-state index in [4.69, 9.17) is 0 Å². The molecule has 0 aromatic heterocycles. The van der Waals surface area contributed by atoms with Gasteiger partial charge in [0.15, 0.2) is 0 Å². The molecule has 19 heavy (non-hydrogen) atoms. The van der Waals surface area contributed by atoms with Crippen molar-refractivity contribution in [3.05, 3.63) is 29.3 Å². The molecule has 3 nitrogen and oxygen atoms in total. The Kier molecular flexibility index (Phi) is 3.64. The number of fused-ring (bicyclic) bond motifs is 1. The predicted molar refractivity (Wildman–Crippen MR) is 67.1 cm³/mol. The second-order valence-corrected chi connectivity index (χ2v) is 4.89. The molecule has 1 atom stereocenters. The summed E-state index contributed by atoms with van der Waals surface area (Å²) in [5.41, 5.74) is -0.647. The monoisotopic (exact) mass is 267 g/mol. The van der Waals surface area contributed by atoms with Crippen LogP contribution in [0.2, 0.25) is 0 Å². The van der Waals surface area contributed by atoms with Crippen molar-refractivity contribution >= 4 is 17.4 Å². The third-order valence-electron chi connectivity index (χ3n) is 3.29. The highest BCUT2D eigenvalue weighted by Gasteiger charge is 2.40. The van der Waals surface area contributed by atoms with E-state index < -0.39 is 28.9 Å². The number of nitrogens with zero attached hydrogens (tertiary/aromatic N) is 1. The van der Waals surface area contributed by atoms with Crippen molar-refractivity contribution in [2.24, 2.45) is 5.92 Å². The number of rotatable bonds is 4. The number of carbonyl (C=O) groups excluding carboxylic acids is 2. The Labute approximate surface area is 110 Å². The SMILES string of the molecule is CCCC(C)CN1C(=O)C(=O)c2c(F)ccc(F)c21. The molecule has 0 fully saturated rings. The van der Waals surface area contributed by atoms with E-state index in [1.807, 2.05) is 13.8 Å². The number of amides is 1. The zero-order chi connectivity index (χ0) is 14.2. The molecule has 1 aliphatic heterocycles. The van der Waals surface area contributed by atoms with Crippen LogP contribution in [0.25, 0.3) is 0 Å². The lowest BCUT2D eigenvalue weighted by molar-refractivity contribution is -0.114. The minimum Gasteiger partial charge on any atom is -0.302 e. The largest absolute Gasteiger partial charge is 0.302 e. The van der Waals surface area contributed by atoms with Crippen LogP contribution in [-0.2, 0) is 4.79 Å². The Hall–Kier alpha value is -1.78. The van der Waals surface area contributed by atoms with Crippen LogP contribution in [0.3, 0.4) is 0 Å². The first-order valence-corrected chi connectivity index (χ1v) is 6.31. The maximum Gasteiger partial charge on any atom is 0.299 e. The Morgan fingerprint density at radius 1 is 1.21 bits per heavy atom. The van der Waals surface area contributed by atoms with Crippen molar-refractivity contribution in [2.45, 2.75) is 26.7 Å². The third kappa shape index (κ3) is 2.25. The number of halogens is 2. The topological polar surface area (TPSA) is 37.4 Å². The maximum absolute atomic E-state index is 13.8. The lowest BCUT2D eigenvalue weighted by Crippen LogP contribution is -2.34. The zero-order valence-electron chi connectivity index (χ0n) is 10.9. The number of hydrogen-bond donors (Lipinski definition) is 0. The van der Waals surface area contributed by atoms with Crippen LogP contribution in [0, 0.1) is 17.6 Å². The normalized spacial score (nSPS) is 15.9. The molecule has 0 aliphatic carbocycles. The average Bonchev–Trinajstić information content (AvgIpc) is 2.60. The summed E-state index contributed by atoms with van der Waals surface area (Å²) < 4.78 is 27.4. The summed E-state index contributed by atoms with van der Waals surface area (Å²) in [6.07, 6.45) is 1.78. The highest BCUT2D eigenvalue weighted by Crippen LogP contribution is 2.34. The van der Waals surface area contributed by atoms with Gasteiger partial charge >= 0.3 is 0 Å². The van der Waals surface area contributed by atoms with Gasteiger partial charge in [-0.25, -0.2) is 8.78 Å². The summed E-state index contributed by atoms with van der Waals surface area (Å²) >= 11 is 0. The highest BCUT2D eigenvalue weighted by molar-refractivity contribution is 6.52. The lowest BCUT2D eigenvalue weighted by Gasteiger charge is -2.21. The molecule has 1 aromatic carbocycles. The van der Waals surface area contributed by atoms with E-state index in [9.17, 15) is 18.4 Å². The quantitative estimate of drug-likeness (QED) is 0.786. The highest BCUT2D eigenvalue weighted by atomic mass is 19.1. The molecular formula is C14H15F2NO2. The van der Waals surface area contributed by atoms with Crippen molar-refractivity contribution < 1.29 is 18.4 Å². The van der Waals surface area contributed by atoms with Gasteiger partial charge in [0.25, 0.3) is 11.7 Å². The summed E-state index contributed by atoms with van der Waals surface area (Å²) in [7, 11) is 0. The van der Waals surface area contributed by atoms with Gasteiger partial charge in [0, 0.05) is 6.54 Å². The Morgan fingerprint density at radius 2 is 1.84 bits per heavy atom. The predicted octanol–water partition coefficient (Wildman–Crippen LogP) is 2.93.